The number of likely N-dealkylation sites (N-methyl/N-ethyl adjacent to an activating group) is 1. The maximum Gasteiger partial charge on any atom is 0.274 e. The molecule has 0 unspecified atom stereocenters. The zero-order chi connectivity index (χ0) is 37.9. The number of nitrogens with one attached hydrogen (secondary N) is 3. The van der Waals surface area contributed by atoms with Crippen LogP contribution in [0.25, 0.3) is 22.1 Å². The molecule has 2 aliphatic carbocycles. The molecule has 8 heterocycles. The van der Waals surface area contributed by atoms with E-state index in [0.29, 0.717) is 60.1 Å². The molecule has 4 amide bonds. The summed E-state index contributed by atoms with van der Waals surface area (Å²) in [5, 5.41) is 9.83. The summed E-state index contributed by atoms with van der Waals surface area (Å²) in [5.41, 5.74) is 1.71. The molecule has 10 rings (SSSR count). The lowest BCUT2D eigenvalue weighted by Gasteiger charge is -2.40. The Hall–Kier alpha value is -5.48. The van der Waals surface area contributed by atoms with Gasteiger partial charge >= 0.3 is 0 Å². The van der Waals surface area contributed by atoms with Gasteiger partial charge in [0, 0.05) is 49.3 Å². The Morgan fingerprint density at radius 3 is 1.76 bits per heavy atom. The first-order valence-corrected chi connectivity index (χ1v) is 19.3. The molecule has 5 aromatic rings. The van der Waals surface area contributed by atoms with Crippen LogP contribution >= 0.6 is 11.6 Å². The smallest absolute Gasteiger partial charge is 0.274 e. The van der Waals surface area contributed by atoms with E-state index < -0.39 is 11.1 Å². The number of anilines is 3. The predicted molar refractivity (Wildman–Crippen MR) is 204 cm³/mol. The van der Waals surface area contributed by atoms with Gasteiger partial charge in [-0.1, -0.05) is 38.5 Å². The van der Waals surface area contributed by atoms with Crippen molar-refractivity contribution in [2.75, 3.05) is 43.4 Å². The minimum atomic E-state index is -0.767. The summed E-state index contributed by atoms with van der Waals surface area (Å²) in [6.07, 6.45) is 14.0. The van der Waals surface area contributed by atoms with E-state index in [1.54, 1.807) is 29.1 Å². The highest BCUT2D eigenvalue weighted by atomic mass is 35.5. The van der Waals surface area contributed by atoms with Gasteiger partial charge in [-0.25, -0.2) is 15.0 Å². The molecule has 55 heavy (non-hydrogen) atoms. The molecule has 1 saturated heterocycles. The lowest BCUT2D eigenvalue weighted by Crippen LogP contribution is -2.57. The standard InChI is InChI=1S/C24H28N8O2.C14H13ClN4O2/c1-30-9-11-31(12-10-30)17-5-6-19(25-15-17)27-23-26-14-16-13-18-21(33)29-22(34)24(7-3-2-4-8-24)32(18)20(16)28-23;15-13-16-7-8-6-9-11(20)18-12(21)14(4-2-1-3-5-14)19(9)10(8)17-13/h5-6,13-15H,2-4,7-12H2,1H3,(H,29,33,34)(H,25,26,27,28);6-7H,1-5H2,(H,18,20,21). The Morgan fingerprint density at radius 1 is 0.673 bits per heavy atom. The van der Waals surface area contributed by atoms with Gasteiger partial charge in [0.25, 0.3) is 23.6 Å². The molecule has 0 bridgehead atoms. The second-order valence-corrected chi connectivity index (χ2v) is 15.5. The maximum absolute atomic E-state index is 13.0. The molecule has 17 heteroatoms. The molecule has 16 nitrogen and oxygen atoms in total. The van der Waals surface area contributed by atoms with Crippen molar-refractivity contribution in [3.8, 4) is 0 Å². The Bertz CT molecular complexity index is 2350. The Balaban J connectivity index is 0.000000161. The Morgan fingerprint density at radius 2 is 1.22 bits per heavy atom. The largest absolute Gasteiger partial charge is 0.368 e. The van der Waals surface area contributed by atoms with Crippen molar-refractivity contribution in [1.82, 2.24) is 49.6 Å². The molecule has 5 aliphatic rings. The summed E-state index contributed by atoms with van der Waals surface area (Å²) in [5.74, 6) is -0.190. The minimum absolute atomic E-state index is 0.118. The van der Waals surface area contributed by atoms with Gasteiger partial charge in [-0.05, 0) is 68.6 Å². The molecule has 0 atom stereocenters. The molecular weight excluding hydrogens is 724 g/mol. The highest BCUT2D eigenvalue weighted by Crippen LogP contribution is 2.42. The molecule has 3 fully saturated rings. The first-order chi connectivity index (χ1) is 26.6. The minimum Gasteiger partial charge on any atom is -0.368 e. The lowest BCUT2D eigenvalue weighted by molar-refractivity contribution is -0.132. The third-order valence-corrected chi connectivity index (χ3v) is 12.1. The number of halogens is 1. The van der Waals surface area contributed by atoms with E-state index >= 15 is 0 Å². The molecule has 0 aromatic carbocycles. The number of carbonyl (C=O) groups excluding carboxylic acids is 4. The fraction of sp³-hybridized carbons (Fsp3) is 0.447. The molecular formula is C38H41ClN12O4. The van der Waals surface area contributed by atoms with E-state index in [-0.39, 0.29) is 28.9 Å². The summed E-state index contributed by atoms with van der Waals surface area (Å²) in [4.78, 5) is 76.9. The molecule has 284 valence electrons. The number of hydrogen-bond donors (Lipinski definition) is 3. The monoisotopic (exact) mass is 764 g/mol. The van der Waals surface area contributed by atoms with Crippen molar-refractivity contribution < 1.29 is 19.2 Å². The molecule has 0 radical (unpaired) electrons. The molecule has 3 aliphatic heterocycles. The van der Waals surface area contributed by atoms with Crippen LogP contribution in [0.3, 0.4) is 0 Å². The van der Waals surface area contributed by atoms with Gasteiger partial charge in [-0.3, -0.25) is 29.8 Å². The van der Waals surface area contributed by atoms with E-state index in [9.17, 15) is 19.2 Å². The van der Waals surface area contributed by atoms with Crippen molar-refractivity contribution >= 4 is 74.8 Å². The third-order valence-electron chi connectivity index (χ3n) is 11.9. The Labute approximate surface area is 321 Å². The van der Waals surface area contributed by atoms with Gasteiger partial charge in [0.05, 0.1) is 11.9 Å². The maximum atomic E-state index is 13.0. The van der Waals surface area contributed by atoms with Crippen LogP contribution < -0.4 is 20.9 Å². The molecule has 3 N–H and O–H groups in total. The topological polar surface area (TPSA) is 185 Å². The van der Waals surface area contributed by atoms with E-state index in [0.717, 1.165) is 81.2 Å². The first kappa shape index (κ1) is 35.2. The number of imide groups is 2. The van der Waals surface area contributed by atoms with Crippen molar-refractivity contribution in [2.45, 2.75) is 75.3 Å². The van der Waals surface area contributed by atoms with Crippen LogP contribution in [0.4, 0.5) is 17.5 Å². The number of pyridine rings is 1. The van der Waals surface area contributed by atoms with Crippen LogP contribution in [0, 0.1) is 0 Å². The van der Waals surface area contributed by atoms with Crippen LogP contribution in [0.1, 0.15) is 85.2 Å². The molecule has 5 aromatic heterocycles. The summed E-state index contributed by atoms with van der Waals surface area (Å²) < 4.78 is 3.65. The van der Waals surface area contributed by atoms with Crippen molar-refractivity contribution in [2.24, 2.45) is 0 Å². The average molecular weight is 765 g/mol. The number of nitrogens with zero attached hydrogens (tertiary/aromatic N) is 9. The summed E-state index contributed by atoms with van der Waals surface area (Å²) in [6.45, 7) is 4.05. The average Bonchev–Trinajstić information content (AvgIpc) is 3.78. The second-order valence-electron chi connectivity index (χ2n) is 15.2. The van der Waals surface area contributed by atoms with Crippen LogP contribution in [0.5, 0.6) is 0 Å². The van der Waals surface area contributed by atoms with E-state index in [1.165, 1.54) is 0 Å². The van der Waals surface area contributed by atoms with Gasteiger partial charge in [0.15, 0.2) is 0 Å². The van der Waals surface area contributed by atoms with Crippen LogP contribution in [0.15, 0.2) is 42.9 Å². The predicted octanol–water partition coefficient (Wildman–Crippen LogP) is 4.27. The van der Waals surface area contributed by atoms with Crippen LogP contribution in [0.2, 0.25) is 5.28 Å². The van der Waals surface area contributed by atoms with E-state index in [2.05, 4.69) is 58.8 Å². The SMILES string of the molecule is CN1CCN(c2ccc(Nc3ncc4cc5n(c4n3)C3(CCCCC3)C(=O)NC5=O)nc2)CC1.O=C1NC(=O)C2(CCCCC2)n2c1cc1cnc(Cl)nc12. The fourth-order valence-corrected chi connectivity index (χ4v) is 9.12. The number of aromatic nitrogens is 7. The van der Waals surface area contributed by atoms with Crippen molar-refractivity contribution in [3.05, 3.63) is 59.5 Å². The van der Waals surface area contributed by atoms with Gasteiger partial charge in [-0.15, -0.1) is 0 Å². The molecule has 2 saturated carbocycles. The number of hydrogen-bond acceptors (Lipinski definition) is 12. The normalized spacial score (nSPS) is 20.5. The number of piperazine rings is 1. The van der Waals surface area contributed by atoms with Crippen molar-refractivity contribution in [3.63, 3.8) is 0 Å². The quantitative estimate of drug-likeness (QED) is 0.175. The van der Waals surface area contributed by atoms with Gasteiger partial charge < -0.3 is 24.3 Å². The lowest BCUT2D eigenvalue weighted by atomic mass is 9.79. The number of fused-ring (bicyclic) bond motifs is 8. The number of rotatable bonds is 3. The van der Waals surface area contributed by atoms with E-state index in [4.69, 9.17) is 16.6 Å². The first-order valence-electron chi connectivity index (χ1n) is 19.0. The third kappa shape index (κ3) is 5.98. The zero-order valence-electron chi connectivity index (χ0n) is 30.5. The molecule has 2 spiro atoms. The highest BCUT2D eigenvalue weighted by molar-refractivity contribution is 6.28. The summed E-state index contributed by atoms with van der Waals surface area (Å²) in [7, 11) is 2.14. The van der Waals surface area contributed by atoms with Crippen molar-refractivity contribution in [1.29, 1.82) is 0 Å². The van der Waals surface area contributed by atoms with Crippen LogP contribution in [-0.2, 0) is 20.7 Å². The fourth-order valence-electron chi connectivity index (χ4n) is 8.99. The summed E-state index contributed by atoms with van der Waals surface area (Å²) >= 11 is 5.90. The Kier molecular flexibility index (Phi) is 8.76. The van der Waals surface area contributed by atoms with E-state index in [1.807, 2.05) is 16.8 Å². The van der Waals surface area contributed by atoms with Gasteiger partial charge in [-0.2, -0.15) is 9.97 Å². The van der Waals surface area contributed by atoms with Gasteiger partial charge in [0.2, 0.25) is 11.2 Å². The van der Waals surface area contributed by atoms with Crippen LogP contribution in [-0.4, -0.2) is 95.8 Å². The number of carbonyl (C=O) groups is 4. The summed E-state index contributed by atoms with van der Waals surface area (Å²) in [6, 6.07) is 7.48. The highest BCUT2D eigenvalue weighted by Gasteiger charge is 2.49. The van der Waals surface area contributed by atoms with Gasteiger partial charge in [0.1, 0.15) is 39.6 Å². The number of amides is 4. The zero-order valence-corrected chi connectivity index (χ0v) is 31.2. The second kappa shape index (κ2) is 13.7.